The molecule has 0 spiro atoms. The monoisotopic (exact) mass is 286 g/mol. The van der Waals surface area contributed by atoms with Crippen molar-refractivity contribution < 1.29 is 9.90 Å². The van der Waals surface area contributed by atoms with Crippen molar-refractivity contribution >= 4 is 11.7 Å². The van der Waals surface area contributed by atoms with E-state index in [1.807, 2.05) is 12.1 Å². The topological polar surface area (TPSA) is 113 Å². The Labute approximate surface area is 123 Å². The molecule has 0 amide bonds. The van der Waals surface area contributed by atoms with Gasteiger partial charge in [-0.2, -0.15) is 0 Å². The number of anilines is 1. The highest BCUT2D eigenvalue weighted by Crippen LogP contribution is 2.31. The van der Waals surface area contributed by atoms with Crippen molar-refractivity contribution in [2.45, 2.75) is 19.3 Å². The zero-order chi connectivity index (χ0) is 15.2. The molecule has 0 heterocycles. The van der Waals surface area contributed by atoms with Crippen molar-refractivity contribution in [1.82, 2.24) is 5.43 Å². The number of carbonyl (C=O) groups is 1. The number of nitrogens with two attached hydrogens (primary N) is 2. The molecular weight excluding hydrogens is 268 g/mol. The molecule has 1 aromatic carbocycles. The summed E-state index contributed by atoms with van der Waals surface area (Å²) in [6.45, 7) is 0. The van der Waals surface area contributed by atoms with Crippen LogP contribution in [-0.2, 0) is 4.79 Å². The molecule has 7 N–H and O–H groups in total. The predicted molar refractivity (Wildman–Crippen MR) is 80.5 cm³/mol. The average molecular weight is 286 g/mol. The third-order valence-corrected chi connectivity index (χ3v) is 3.12. The summed E-state index contributed by atoms with van der Waals surface area (Å²) in [5.41, 5.74) is 8.83. The van der Waals surface area contributed by atoms with Gasteiger partial charge in [0.2, 0.25) is 0 Å². The normalized spacial score (nSPS) is 14.5. The van der Waals surface area contributed by atoms with Crippen LogP contribution in [0.2, 0.25) is 0 Å². The van der Waals surface area contributed by atoms with Crippen LogP contribution in [0.3, 0.4) is 0 Å². The molecule has 21 heavy (non-hydrogen) atoms. The first-order valence-electron chi connectivity index (χ1n) is 6.65. The molecule has 0 aliphatic heterocycles. The second-order valence-corrected chi connectivity index (χ2v) is 4.89. The highest BCUT2D eigenvalue weighted by molar-refractivity contribution is 5.86. The van der Waals surface area contributed by atoms with Gasteiger partial charge in [-0.25, -0.2) is 10.6 Å². The van der Waals surface area contributed by atoms with E-state index in [0.29, 0.717) is 5.69 Å². The fourth-order valence-electron chi connectivity index (χ4n) is 1.69. The number of carboxylic acid groups (broad SMARTS) is 1. The van der Waals surface area contributed by atoms with E-state index in [0.717, 1.165) is 17.9 Å². The van der Waals surface area contributed by atoms with Gasteiger partial charge in [0, 0.05) is 17.7 Å². The van der Waals surface area contributed by atoms with E-state index in [1.54, 1.807) is 12.1 Å². The van der Waals surface area contributed by atoms with Crippen molar-refractivity contribution in [2.75, 3.05) is 5.32 Å². The van der Waals surface area contributed by atoms with Crippen molar-refractivity contribution in [3.05, 3.63) is 41.3 Å². The molecule has 1 saturated carbocycles. The number of hydrogen-bond donors (Lipinski definition) is 5. The van der Waals surface area contributed by atoms with Gasteiger partial charge in [0.05, 0.1) is 0 Å². The Morgan fingerprint density at radius 1 is 1.33 bits per heavy atom. The van der Waals surface area contributed by atoms with Crippen molar-refractivity contribution in [3.8, 4) is 11.8 Å². The molecule has 1 aliphatic rings. The second kappa shape index (κ2) is 6.68. The van der Waals surface area contributed by atoms with Crippen molar-refractivity contribution in [3.63, 3.8) is 0 Å². The number of benzene rings is 1. The molecule has 2 rings (SSSR count). The van der Waals surface area contributed by atoms with Crippen LogP contribution in [0.1, 0.15) is 24.8 Å². The fourth-order valence-corrected chi connectivity index (χ4v) is 1.69. The van der Waals surface area contributed by atoms with E-state index in [9.17, 15) is 4.79 Å². The summed E-state index contributed by atoms with van der Waals surface area (Å²) in [5.74, 6) is 11.1. The maximum Gasteiger partial charge on any atom is 0.355 e. The molecule has 0 unspecified atom stereocenters. The smallest absolute Gasteiger partial charge is 0.355 e. The minimum Gasteiger partial charge on any atom is -0.476 e. The molecular formula is C15H18N4O2. The van der Waals surface area contributed by atoms with Gasteiger partial charge in [-0.05, 0) is 43.0 Å². The van der Waals surface area contributed by atoms with Gasteiger partial charge in [-0.3, -0.25) is 0 Å². The summed E-state index contributed by atoms with van der Waals surface area (Å²) in [5, 5.41) is 11.6. The van der Waals surface area contributed by atoms with Crippen LogP contribution < -0.4 is 22.3 Å². The van der Waals surface area contributed by atoms with Gasteiger partial charge in [-0.15, -0.1) is 0 Å². The Bertz CT molecular complexity index is 607. The van der Waals surface area contributed by atoms with Gasteiger partial charge >= 0.3 is 5.97 Å². The summed E-state index contributed by atoms with van der Waals surface area (Å²) >= 11 is 0. The van der Waals surface area contributed by atoms with Crippen LogP contribution in [-0.4, -0.2) is 11.1 Å². The number of hydrazine groups is 1. The summed E-state index contributed by atoms with van der Waals surface area (Å²) in [6, 6.07) is 7.28. The lowest BCUT2D eigenvalue weighted by molar-refractivity contribution is -0.132. The van der Waals surface area contributed by atoms with Crippen LogP contribution in [0.4, 0.5) is 5.69 Å². The fraction of sp³-hybridized carbons (Fsp3) is 0.267. The Kier molecular flexibility index (Phi) is 4.69. The molecule has 6 nitrogen and oxygen atoms in total. The highest BCUT2D eigenvalue weighted by Gasteiger charge is 2.19. The van der Waals surface area contributed by atoms with Gasteiger partial charge in [0.1, 0.15) is 5.82 Å². The molecule has 6 heteroatoms. The minimum absolute atomic E-state index is 0.0371. The predicted octanol–water partition coefficient (Wildman–Crippen LogP) is 0.926. The first-order valence-corrected chi connectivity index (χ1v) is 6.65. The standard InChI is InChI=1S/C15H18N4O2/c16-13(15(20)21)14(19-17)18-12-8-6-11(7-9-12)3-1-2-10-4-5-10/h6-10,18-19H,2,4-5,16-17H2,(H,20,21)/b14-13-. The molecule has 1 aliphatic carbocycles. The summed E-state index contributed by atoms with van der Waals surface area (Å²) in [4.78, 5) is 10.8. The van der Waals surface area contributed by atoms with Crippen molar-refractivity contribution in [2.24, 2.45) is 17.5 Å². The average Bonchev–Trinajstić information content (AvgIpc) is 3.29. The second-order valence-electron chi connectivity index (χ2n) is 4.89. The largest absolute Gasteiger partial charge is 0.476 e. The van der Waals surface area contributed by atoms with Gasteiger partial charge < -0.3 is 21.6 Å². The third kappa shape index (κ3) is 4.44. The van der Waals surface area contributed by atoms with E-state index in [2.05, 4.69) is 22.6 Å². The van der Waals surface area contributed by atoms with E-state index in [4.69, 9.17) is 16.7 Å². The molecule has 0 aromatic heterocycles. The minimum atomic E-state index is -1.25. The number of nitrogens with one attached hydrogen (secondary N) is 2. The number of hydrogen-bond acceptors (Lipinski definition) is 5. The summed E-state index contributed by atoms with van der Waals surface area (Å²) in [7, 11) is 0. The van der Waals surface area contributed by atoms with E-state index in [1.165, 1.54) is 12.8 Å². The Balaban J connectivity index is 2.02. The van der Waals surface area contributed by atoms with Crippen LogP contribution >= 0.6 is 0 Å². The lowest BCUT2D eigenvalue weighted by atomic mass is 10.2. The van der Waals surface area contributed by atoms with Gasteiger partial charge in [0.15, 0.2) is 5.70 Å². The summed E-state index contributed by atoms with van der Waals surface area (Å²) in [6.07, 6.45) is 3.55. The Hall–Kier alpha value is -2.65. The summed E-state index contributed by atoms with van der Waals surface area (Å²) < 4.78 is 0. The number of aliphatic carboxylic acids is 1. The molecule has 0 bridgehead atoms. The van der Waals surface area contributed by atoms with Crippen LogP contribution in [0.25, 0.3) is 0 Å². The van der Waals surface area contributed by atoms with Gasteiger partial charge in [0.25, 0.3) is 0 Å². The molecule has 0 atom stereocenters. The first-order chi connectivity index (χ1) is 10.1. The quantitative estimate of drug-likeness (QED) is 0.238. The van der Waals surface area contributed by atoms with Crippen LogP contribution in [0.5, 0.6) is 0 Å². The number of carboxylic acids is 1. The van der Waals surface area contributed by atoms with Gasteiger partial charge in [-0.1, -0.05) is 11.8 Å². The zero-order valence-electron chi connectivity index (χ0n) is 11.5. The van der Waals surface area contributed by atoms with Crippen LogP contribution in [0, 0.1) is 17.8 Å². The van der Waals surface area contributed by atoms with E-state index in [-0.39, 0.29) is 11.5 Å². The Morgan fingerprint density at radius 2 is 2.00 bits per heavy atom. The zero-order valence-corrected chi connectivity index (χ0v) is 11.5. The maximum absolute atomic E-state index is 10.8. The lowest BCUT2D eigenvalue weighted by Crippen LogP contribution is -2.32. The molecule has 0 saturated heterocycles. The molecule has 1 fully saturated rings. The third-order valence-electron chi connectivity index (χ3n) is 3.12. The SMILES string of the molecule is NN/C(Nc1ccc(C#CCC2CC2)cc1)=C(\N)C(=O)O. The van der Waals surface area contributed by atoms with Crippen molar-refractivity contribution in [1.29, 1.82) is 0 Å². The molecule has 110 valence electrons. The number of rotatable bonds is 5. The molecule has 1 aromatic rings. The molecule has 0 radical (unpaired) electrons. The highest BCUT2D eigenvalue weighted by atomic mass is 16.4. The van der Waals surface area contributed by atoms with E-state index < -0.39 is 5.97 Å². The maximum atomic E-state index is 10.8. The van der Waals surface area contributed by atoms with Crippen LogP contribution in [0.15, 0.2) is 35.8 Å². The lowest BCUT2D eigenvalue weighted by Gasteiger charge is -2.11. The first kappa shape index (κ1) is 14.8. The Morgan fingerprint density at radius 3 is 2.52 bits per heavy atom. The van der Waals surface area contributed by atoms with E-state index >= 15 is 0 Å².